The highest BCUT2D eigenvalue weighted by Crippen LogP contribution is 2.33. The Balaban J connectivity index is 0.000000550. The Kier molecular flexibility index (Phi) is 6.92. The van der Waals surface area contributed by atoms with Crippen molar-refractivity contribution in [3.8, 4) is 0 Å². The van der Waals surface area contributed by atoms with Crippen LogP contribution in [0, 0.1) is 5.21 Å². The van der Waals surface area contributed by atoms with Crippen LogP contribution >= 0.6 is 11.8 Å². The molecule has 0 aromatic rings. The minimum absolute atomic E-state index is 0.0640. The second kappa shape index (κ2) is 8.20. The molecule has 0 spiro atoms. The lowest BCUT2D eigenvalue weighted by Gasteiger charge is -2.16. The Hall–Kier alpha value is -1.03. The van der Waals surface area contributed by atoms with E-state index in [0.29, 0.717) is 5.25 Å². The largest absolute Gasteiger partial charge is 0.615 e. The number of urea groups is 1. The van der Waals surface area contributed by atoms with Crippen LogP contribution in [0.4, 0.5) is 4.79 Å². The molecule has 0 bridgehead atoms. The van der Waals surface area contributed by atoms with E-state index < -0.39 is 5.97 Å². The van der Waals surface area contributed by atoms with Gasteiger partial charge in [-0.25, -0.2) is 4.79 Å². The summed E-state index contributed by atoms with van der Waals surface area (Å²) >= 11 is 1.87. The Morgan fingerprint density at radius 1 is 1.53 bits per heavy atom. The number of hydrogen-bond donors (Lipinski definition) is 5. The van der Waals surface area contributed by atoms with Gasteiger partial charge in [-0.05, 0) is 12.8 Å². The Morgan fingerprint density at radius 2 is 2.21 bits per heavy atom. The fourth-order valence-electron chi connectivity index (χ4n) is 2.26. The smallest absolute Gasteiger partial charge is 0.315 e. The molecule has 8 nitrogen and oxygen atoms in total. The van der Waals surface area contributed by atoms with Crippen LogP contribution in [0.5, 0.6) is 0 Å². The molecule has 2 aliphatic rings. The average molecular weight is 292 g/mol. The number of carboxylic acid groups (broad SMARTS) is 1. The number of nitrogens with two attached hydrogens (primary N) is 2. The molecule has 2 aliphatic heterocycles. The summed E-state index contributed by atoms with van der Waals surface area (Å²) in [6, 6.07) is 0.440. The Bertz CT molecular complexity index is 318. The first-order valence-corrected chi connectivity index (χ1v) is 7.19. The second-order valence-corrected chi connectivity index (χ2v) is 5.67. The lowest BCUT2D eigenvalue weighted by molar-refractivity contribution is -0.601. The number of carbonyl (C=O) groups excluding carboxylic acids is 1. The third kappa shape index (κ3) is 5.23. The molecular weight excluding hydrogens is 272 g/mol. The third-order valence-corrected chi connectivity index (χ3v) is 4.58. The number of rotatable bonds is 5. The van der Waals surface area contributed by atoms with Gasteiger partial charge in [-0.15, -0.1) is 0 Å². The van der Waals surface area contributed by atoms with Gasteiger partial charge in [0.2, 0.25) is 0 Å². The van der Waals surface area contributed by atoms with Crippen LogP contribution in [-0.4, -0.2) is 40.2 Å². The Morgan fingerprint density at radius 3 is 2.84 bits per heavy atom. The molecule has 19 heavy (non-hydrogen) atoms. The van der Waals surface area contributed by atoms with Gasteiger partial charge in [-0.2, -0.15) is 17.6 Å². The summed E-state index contributed by atoms with van der Waals surface area (Å²) in [6.45, 7) is 0. The number of quaternary nitrogens is 1. The molecule has 7 N–H and O–H groups in total. The van der Waals surface area contributed by atoms with E-state index in [4.69, 9.17) is 10.3 Å². The molecule has 2 rings (SSSR count). The van der Waals surface area contributed by atoms with Crippen molar-refractivity contribution in [2.45, 2.75) is 43.0 Å². The lowest BCUT2D eigenvalue weighted by Crippen LogP contribution is -2.84. The van der Waals surface area contributed by atoms with Crippen molar-refractivity contribution in [1.29, 1.82) is 0 Å². The highest BCUT2D eigenvalue weighted by Gasteiger charge is 2.42. The van der Waals surface area contributed by atoms with Crippen LogP contribution in [0.3, 0.4) is 0 Å². The predicted molar refractivity (Wildman–Crippen MR) is 71.1 cm³/mol. The molecule has 2 amide bonds. The monoisotopic (exact) mass is 292 g/mol. The molecule has 0 unspecified atom stereocenters. The van der Waals surface area contributed by atoms with Crippen molar-refractivity contribution in [1.82, 2.24) is 10.6 Å². The van der Waals surface area contributed by atoms with E-state index in [2.05, 4.69) is 16.5 Å². The van der Waals surface area contributed by atoms with Gasteiger partial charge in [0.15, 0.2) is 0 Å². The van der Waals surface area contributed by atoms with Gasteiger partial charge < -0.3 is 26.5 Å². The lowest BCUT2D eigenvalue weighted by atomic mass is 10.0. The van der Waals surface area contributed by atoms with E-state index in [0.717, 1.165) is 25.0 Å². The summed E-state index contributed by atoms with van der Waals surface area (Å²) in [5.74, 6) is 4.40. The van der Waals surface area contributed by atoms with Crippen molar-refractivity contribution >= 4 is 23.8 Å². The van der Waals surface area contributed by atoms with Gasteiger partial charge in [0.1, 0.15) is 0 Å². The first kappa shape index (κ1) is 16.0. The number of unbranched alkanes of at least 4 members (excludes halogenated alkanes) is 1. The van der Waals surface area contributed by atoms with E-state index in [-0.39, 0.29) is 30.1 Å². The molecule has 110 valence electrons. The van der Waals surface area contributed by atoms with Gasteiger partial charge in [-0.1, -0.05) is 6.42 Å². The molecule has 0 saturated carbocycles. The van der Waals surface area contributed by atoms with Crippen LogP contribution in [0.25, 0.3) is 0 Å². The number of amides is 2. The fourth-order valence-corrected chi connectivity index (χ4v) is 3.81. The second-order valence-electron chi connectivity index (χ2n) is 4.40. The zero-order valence-corrected chi connectivity index (χ0v) is 11.3. The first-order chi connectivity index (χ1) is 9.08. The van der Waals surface area contributed by atoms with E-state index in [9.17, 15) is 9.59 Å². The van der Waals surface area contributed by atoms with Crippen molar-refractivity contribution in [3.63, 3.8) is 0 Å². The maximum Gasteiger partial charge on any atom is 0.315 e. The maximum absolute atomic E-state index is 11.1. The van der Waals surface area contributed by atoms with Crippen LogP contribution in [-0.2, 0) is 4.79 Å². The molecule has 9 heteroatoms. The normalized spacial score (nSPS) is 27.9. The minimum atomic E-state index is -0.729. The van der Waals surface area contributed by atoms with Crippen molar-refractivity contribution in [3.05, 3.63) is 5.21 Å². The number of carboxylic acids is 1. The van der Waals surface area contributed by atoms with Crippen LogP contribution < -0.4 is 22.1 Å². The highest BCUT2D eigenvalue weighted by atomic mass is 32.2. The van der Waals surface area contributed by atoms with Gasteiger partial charge in [0, 0.05) is 17.4 Å². The number of nitrogens with one attached hydrogen (secondary N) is 2. The SMILES string of the molecule is N[NH2+][O-].O=C(O)CCCC[C@@H]1SC[C@@H]2NC(=O)N[C@@H]21. The molecule has 0 aliphatic carbocycles. The van der Waals surface area contributed by atoms with Gasteiger partial charge in [0.05, 0.1) is 12.1 Å². The van der Waals surface area contributed by atoms with Crippen LogP contribution in [0.1, 0.15) is 25.7 Å². The average Bonchev–Trinajstić information content (AvgIpc) is 2.85. The molecule has 2 saturated heterocycles. The van der Waals surface area contributed by atoms with Gasteiger partial charge >= 0.3 is 12.0 Å². The summed E-state index contributed by atoms with van der Waals surface area (Å²) in [4.78, 5) is 21.5. The molecule has 2 fully saturated rings. The number of aliphatic carboxylic acids is 1. The van der Waals surface area contributed by atoms with E-state index in [1.807, 2.05) is 11.8 Å². The zero-order chi connectivity index (χ0) is 14.3. The number of fused-ring (bicyclic) bond motifs is 1. The molecular formula is C10H20N4O4S. The summed E-state index contributed by atoms with van der Waals surface area (Å²) in [5, 5.41) is 23.4. The molecule has 3 atom stereocenters. The molecule has 2 heterocycles. The highest BCUT2D eigenvalue weighted by molar-refractivity contribution is 8.00. The summed E-state index contributed by atoms with van der Waals surface area (Å²) < 4.78 is 0. The van der Waals surface area contributed by atoms with E-state index in [1.54, 1.807) is 0 Å². The predicted octanol–water partition coefficient (Wildman–Crippen LogP) is -1.28. The molecule has 0 aromatic carbocycles. The first-order valence-electron chi connectivity index (χ1n) is 6.14. The summed E-state index contributed by atoms with van der Waals surface area (Å²) in [6.07, 6.45) is 2.88. The summed E-state index contributed by atoms with van der Waals surface area (Å²) in [5.41, 5.74) is 0.250. The van der Waals surface area contributed by atoms with Crippen molar-refractivity contribution in [2.24, 2.45) is 5.84 Å². The fraction of sp³-hybridized carbons (Fsp3) is 0.800. The van der Waals surface area contributed by atoms with Gasteiger partial charge in [-0.3, -0.25) is 4.79 Å². The number of carbonyl (C=O) groups is 2. The third-order valence-electron chi connectivity index (χ3n) is 3.07. The number of hydrogen-bond acceptors (Lipinski definition) is 5. The van der Waals surface area contributed by atoms with Crippen molar-refractivity contribution < 1.29 is 20.3 Å². The maximum atomic E-state index is 11.1. The molecule has 0 aromatic heterocycles. The standard InChI is InChI=1S/C10H16N2O3S.H4N2O/c13-8(14)4-2-1-3-7-9-6(5-16-7)11-10(15)12-9;1-2-3/h6-7,9H,1-5H2,(H,13,14)(H2,11,12,15);1-2H2/t6-,7-,9-;/m0./s1. The quantitative estimate of drug-likeness (QED) is 0.185. The number of thioether (sulfide) groups is 1. The molecule has 0 radical (unpaired) electrons. The van der Waals surface area contributed by atoms with Gasteiger partial charge in [0.25, 0.3) is 0 Å². The topological polar surface area (TPSA) is 144 Å². The Labute approximate surface area is 115 Å². The zero-order valence-electron chi connectivity index (χ0n) is 10.5. The van der Waals surface area contributed by atoms with Crippen LogP contribution in [0.15, 0.2) is 0 Å². The van der Waals surface area contributed by atoms with Crippen LogP contribution in [0.2, 0.25) is 0 Å². The summed E-state index contributed by atoms with van der Waals surface area (Å²) in [7, 11) is 0. The van der Waals surface area contributed by atoms with E-state index in [1.165, 1.54) is 0 Å². The minimum Gasteiger partial charge on any atom is -0.615 e. The van der Waals surface area contributed by atoms with Crippen molar-refractivity contribution in [2.75, 3.05) is 5.75 Å². The van der Waals surface area contributed by atoms with E-state index >= 15 is 0 Å².